The Hall–Kier alpha value is -0.518. The van der Waals surface area contributed by atoms with Gasteiger partial charge in [0.1, 0.15) is 0 Å². The van der Waals surface area contributed by atoms with Gasteiger partial charge in [-0.1, -0.05) is 47.7 Å². The van der Waals surface area contributed by atoms with Crippen molar-refractivity contribution in [2.24, 2.45) is 0 Å². The van der Waals surface area contributed by atoms with Crippen LogP contribution in [0, 0.1) is 0 Å². The first-order valence-electron chi connectivity index (χ1n) is 9.18. The molecule has 1 aromatic rings. The lowest BCUT2D eigenvalue weighted by molar-refractivity contribution is 0.00578. The summed E-state index contributed by atoms with van der Waals surface area (Å²) in [6.45, 7) is 24.9. The van der Waals surface area contributed by atoms with Gasteiger partial charge in [-0.25, -0.2) is 0 Å². The predicted octanol–water partition coefficient (Wildman–Crippen LogP) is 4.76. The van der Waals surface area contributed by atoms with Crippen molar-refractivity contribution >= 4 is 20.8 Å². The normalized spacial score (nSPS) is 20.9. The standard InChI is InChI=1S/C19H36BNO2Si/c1-14(2)15-12-21(24(10,11)17(3,4)5)13-16(15)20-22-18(6,7)19(8,9)23-20/h12-14H,1-11H3. The van der Waals surface area contributed by atoms with Crippen LogP contribution in [0.4, 0.5) is 0 Å². The number of aromatic nitrogens is 1. The van der Waals surface area contributed by atoms with Gasteiger partial charge in [0.25, 0.3) is 0 Å². The fourth-order valence-electron chi connectivity index (χ4n) is 2.85. The van der Waals surface area contributed by atoms with Gasteiger partial charge in [-0.2, -0.15) is 0 Å². The van der Waals surface area contributed by atoms with Crippen LogP contribution in [0.1, 0.15) is 73.8 Å². The second-order valence-electron chi connectivity index (χ2n) is 10.1. The predicted molar refractivity (Wildman–Crippen MR) is 107 cm³/mol. The molecule has 1 saturated heterocycles. The summed E-state index contributed by atoms with van der Waals surface area (Å²) >= 11 is 0. The molecule has 0 unspecified atom stereocenters. The molecule has 0 spiro atoms. The van der Waals surface area contributed by atoms with Gasteiger partial charge in [-0.05, 0) is 56.6 Å². The molecule has 0 aliphatic carbocycles. The number of rotatable bonds is 3. The first-order valence-corrected chi connectivity index (χ1v) is 12.1. The van der Waals surface area contributed by atoms with E-state index in [2.05, 4.69) is 92.0 Å². The monoisotopic (exact) mass is 349 g/mol. The number of hydrogen-bond acceptors (Lipinski definition) is 2. The molecular weight excluding hydrogens is 313 g/mol. The largest absolute Gasteiger partial charge is 0.496 e. The number of hydrogen-bond donors (Lipinski definition) is 0. The summed E-state index contributed by atoms with van der Waals surface area (Å²) in [5.74, 6) is 0.449. The zero-order chi connectivity index (χ0) is 18.7. The second-order valence-corrected chi connectivity index (χ2v) is 15.3. The van der Waals surface area contributed by atoms with Crippen LogP contribution >= 0.6 is 0 Å². The van der Waals surface area contributed by atoms with Crippen molar-refractivity contribution in [3.63, 3.8) is 0 Å². The molecule has 0 aromatic carbocycles. The molecule has 1 aliphatic rings. The molecule has 1 fully saturated rings. The van der Waals surface area contributed by atoms with E-state index in [4.69, 9.17) is 9.31 Å². The Morgan fingerprint density at radius 2 is 1.46 bits per heavy atom. The van der Waals surface area contributed by atoms with Crippen molar-refractivity contribution in [1.29, 1.82) is 0 Å². The van der Waals surface area contributed by atoms with Crippen LogP contribution < -0.4 is 5.46 Å². The molecule has 24 heavy (non-hydrogen) atoms. The lowest BCUT2D eigenvalue weighted by Crippen LogP contribution is -2.45. The Morgan fingerprint density at radius 3 is 1.83 bits per heavy atom. The summed E-state index contributed by atoms with van der Waals surface area (Å²) in [4.78, 5) is 0. The third kappa shape index (κ3) is 3.15. The molecule has 0 atom stereocenters. The molecule has 1 aliphatic heterocycles. The Morgan fingerprint density at radius 1 is 1.00 bits per heavy atom. The van der Waals surface area contributed by atoms with Gasteiger partial charge in [-0.15, -0.1) is 0 Å². The maximum absolute atomic E-state index is 6.33. The molecule has 0 radical (unpaired) electrons. The minimum atomic E-state index is -1.65. The third-order valence-corrected chi connectivity index (χ3v) is 11.7. The first-order chi connectivity index (χ1) is 10.6. The van der Waals surface area contributed by atoms with Crippen LogP contribution in [0.2, 0.25) is 18.1 Å². The maximum atomic E-state index is 6.33. The molecule has 2 rings (SSSR count). The quantitative estimate of drug-likeness (QED) is 0.734. The Labute approximate surface area is 150 Å². The highest BCUT2D eigenvalue weighted by Gasteiger charge is 2.53. The highest BCUT2D eigenvalue weighted by atomic mass is 28.3. The van der Waals surface area contributed by atoms with E-state index in [1.54, 1.807) is 0 Å². The summed E-state index contributed by atoms with van der Waals surface area (Å²) in [7, 11) is -1.93. The zero-order valence-corrected chi connectivity index (χ0v) is 18.6. The average molecular weight is 349 g/mol. The van der Waals surface area contributed by atoms with Crippen LogP contribution in [0.5, 0.6) is 0 Å². The molecule has 0 amide bonds. The van der Waals surface area contributed by atoms with Crippen LogP contribution in [-0.4, -0.2) is 30.8 Å². The number of nitrogens with zero attached hydrogens (tertiary/aromatic N) is 1. The molecule has 0 N–H and O–H groups in total. The van der Waals surface area contributed by atoms with Crippen molar-refractivity contribution in [2.75, 3.05) is 0 Å². The minimum Gasteiger partial charge on any atom is -0.399 e. The molecule has 5 heteroatoms. The summed E-state index contributed by atoms with van der Waals surface area (Å²) < 4.78 is 15.2. The maximum Gasteiger partial charge on any atom is 0.496 e. The van der Waals surface area contributed by atoms with E-state index in [1.165, 1.54) is 11.0 Å². The molecule has 136 valence electrons. The smallest absolute Gasteiger partial charge is 0.399 e. The SMILES string of the molecule is CC(C)c1cn([Si](C)(C)C(C)(C)C)cc1B1OC(C)(C)C(C)(C)O1. The Balaban J connectivity index is 2.49. The summed E-state index contributed by atoms with van der Waals surface area (Å²) in [6.07, 6.45) is 4.65. The van der Waals surface area contributed by atoms with Crippen LogP contribution in [0.25, 0.3) is 0 Å². The molecule has 1 aromatic heterocycles. The first kappa shape index (κ1) is 19.8. The lowest BCUT2D eigenvalue weighted by Gasteiger charge is -2.38. The van der Waals surface area contributed by atoms with Gasteiger partial charge in [0.2, 0.25) is 0 Å². The van der Waals surface area contributed by atoms with E-state index in [0.29, 0.717) is 5.92 Å². The van der Waals surface area contributed by atoms with E-state index < -0.39 is 8.24 Å². The van der Waals surface area contributed by atoms with Gasteiger partial charge in [0, 0.05) is 5.46 Å². The van der Waals surface area contributed by atoms with Gasteiger partial charge in [-0.3, -0.25) is 0 Å². The van der Waals surface area contributed by atoms with Gasteiger partial charge < -0.3 is 13.5 Å². The van der Waals surface area contributed by atoms with E-state index >= 15 is 0 Å². The second kappa shape index (κ2) is 5.75. The van der Waals surface area contributed by atoms with Gasteiger partial charge in [0.05, 0.1) is 11.2 Å². The van der Waals surface area contributed by atoms with E-state index in [9.17, 15) is 0 Å². The Bertz CT molecular complexity index is 595. The molecular formula is C19H36BNO2Si. The fraction of sp³-hybridized carbons (Fsp3) is 0.789. The van der Waals surface area contributed by atoms with Crippen LogP contribution in [-0.2, 0) is 9.31 Å². The summed E-state index contributed by atoms with van der Waals surface area (Å²) in [5, 5.41) is 0.285. The Kier molecular flexibility index (Phi) is 4.74. The van der Waals surface area contributed by atoms with Gasteiger partial charge in [0.15, 0.2) is 8.24 Å². The van der Waals surface area contributed by atoms with Gasteiger partial charge >= 0.3 is 7.12 Å². The van der Waals surface area contributed by atoms with E-state index in [-0.39, 0.29) is 23.4 Å². The van der Waals surface area contributed by atoms with Crippen molar-refractivity contribution in [1.82, 2.24) is 4.23 Å². The van der Waals surface area contributed by atoms with E-state index in [1.807, 2.05) is 0 Å². The molecule has 0 saturated carbocycles. The highest BCUT2D eigenvalue weighted by molar-refractivity contribution is 6.79. The molecule has 0 bridgehead atoms. The fourth-order valence-corrected chi connectivity index (χ4v) is 4.54. The van der Waals surface area contributed by atoms with E-state index in [0.717, 1.165) is 0 Å². The topological polar surface area (TPSA) is 23.4 Å². The third-order valence-electron chi connectivity index (χ3n) is 6.50. The molecule has 3 nitrogen and oxygen atoms in total. The summed E-state index contributed by atoms with van der Waals surface area (Å²) in [6, 6.07) is 0. The highest BCUT2D eigenvalue weighted by Crippen LogP contribution is 2.39. The molecule has 2 heterocycles. The lowest BCUT2D eigenvalue weighted by atomic mass is 9.76. The van der Waals surface area contributed by atoms with Crippen molar-refractivity contribution in [2.45, 2.75) is 97.6 Å². The van der Waals surface area contributed by atoms with Crippen molar-refractivity contribution in [3.8, 4) is 0 Å². The van der Waals surface area contributed by atoms with Crippen molar-refractivity contribution < 1.29 is 9.31 Å². The van der Waals surface area contributed by atoms with Crippen LogP contribution in [0.3, 0.4) is 0 Å². The zero-order valence-electron chi connectivity index (χ0n) is 17.6. The summed E-state index contributed by atoms with van der Waals surface area (Å²) in [5.41, 5.74) is 1.95. The average Bonchev–Trinajstić information content (AvgIpc) is 2.88. The van der Waals surface area contributed by atoms with Crippen LogP contribution in [0.15, 0.2) is 12.4 Å². The van der Waals surface area contributed by atoms with Crippen molar-refractivity contribution in [3.05, 3.63) is 18.0 Å². The minimum absolute atomic E-state index is 0.279.